The van der Waals surface area contributed by atoms with Crippen LogP contribution in [-0.4, -0.2) is 30.6 Å². The van der Waals surface area contributed by atoms with Crippen LogP contribution in [0.5, 0.6) is 0 Å². The molecule has 0 aliphatic heterocycles. The summed E-state index contributed by atoms with van der Waals surface area (Å²) in [7, 11) is 1.77. The van der Waals surface area contributed by atoms with E-state index in [4.69, 9.17) is 0 Å². The molecule has 0 radical (unpaired) electrons. The van der Waals surface area contributed by atoms with E-state index in [9.17, 15) is 4.39 Å². The third-order valence-electron chi connectivity index (χ3n) is 3.64. The molecule has 0 aliphatic carbocycles. The summed E-state index contributed by atoms with van der Waals surface area (Å²) in [5, 5.41) is 7.69. The number of aromatic amines is 1. The Morgan fingerprint density at radius 1 is 1.41 bits per heavy atom. The van der Waals surface area contributed by atoms with E-state index < -0.39 is 0 Å². The molecule has 2 rings (SSSR count). The first-order valence-electron chi connectivity index (χ1n) is 7.36. The molecule has 1 unspecified atom stereocenters. The zero-order valence-electron chi connectivity index (χ0n) is 13.2. The molecule has 1 atom stereocenters. The van der Waals surface area contributed by atoms with Crippen LogP contribution in [0.3, 0.4) is 0 Å². The highest BCUT2D eigenvalue weighted by molar-refractivity contribution is 14.0. The normalized spacial score (nSPS) is 12.8. The number of aromatic nitrogens is 1. The van der Waals surface area contributed by atoms with Crippen molar-refractivity contribution >= 4 is 40.8 Å². The van der Waals surface area contributed by atoms with Gasteiger partial charge in [-0.25, -0.2) is 4.39 Å². The van der Waals surface area contributed by atoms with Crippen LogP contribution < -0.4 is 10.6 Å². The molecule has 2 aromatic rings. The number of guanidine groups is 1. The molecule has 0 saturated carbocycles. The molecular formula is C16H24FIN4. The SMILES string of the molecule is CCC(C)NC(=NC)NCCc1c[nH]c2cc(F)ccc12.I. The van der Waals surface area contributed by atoms with Gasteiger partial charge in [0.25, 0.3) is 0 Å². The lowest BCUT2D eigenvalue weighted by Crippen LogP contribution is -2.42. The van der Waals surface area contributed by atoms with Crippen LogP contribution >= 0.6 is 24.0 Å². The van der Waals surface area contributed by atoms with Gasteiger partial charge < -0.3 is 15.6 Å². The first-order valence-corrected chi connectivity index (χ1v) is 7.36. The Morgan fingerprint density at radius 2 is 2.18 bits per heavy atom. The molecule has 3 N–H and O–H groups in total. The fraction of sp³-hybridized carbons (Fsp3) is 0.438. The molecule has 1 aromatic heterocycles. The average molecular weight is 418 g/mol. The minimum absolute atomic E-state index is 0. The molecule has 0 saturated heterocycles. The quantitative estimate of drug-likeness (QED) is 0.396. The number of hydrogen-bond donors (Lipinski definition) is 3. The minimum Gasteiger partial charge on any atom is -0.361 e. The van der Waals surface area contributed by atoms with Crippen molar-refractivity contribution in [2.75, 3.05) is 13.6 Å². The summed E-state index contributed by atoms with van der Waals surface area (Å²) in [5.41, 5.74) is 2.02. The Labute approximate surface area is 148 Å². The van der Waals surface area contributed by atoms with E-state index >= 15 is 0 Å². The topological polar surface area (TPSA) is 52.2 Å². The van der Waals surface area contributed by atoms with E-state index in [-0.39, 0.29) is 29.8 Å². The van der Waals surface area contributed by atoms with Gasteiger partial charge in [-0.2, -0.15) is 0 Å². The predicted octanol–water partition coefficient (Wildman–Crippen LogP) is 3.43. The van der Waals surface area contributed by atoms with Gasteiger partial charge in [-0.05, 0) is 43.5 Å². The maximum Gasteiger partial charge on any atom is 0.191 e. The number of hydrogen-bond acceptors (Lipinski definition) is 1. The number of fused-ring (bicyclic) bond motifs is 1. The van der Waals surface area contributed by atoms with Crippen LogP contribution in [0.25, 0.3) is 10.9 Å². The van der Waals surface area contributed by atoms with Crippen molar-refractivity contribution in [1.82, 2.24) is 15.6 Å². The van der Waals surface area contributed by atoms with E-state index in [1.54, 1.807) is 7.05 Å². The Bertz CT molecular complexity index is 624. The van der Waals surface area contributed by atoms with E-state index in [2.05, 4.69) is 34.5 Å². The lowest BCUT2D eigenvalue weighted by atomic mass is 10.1. The fourth-order valence-corrected chi connectivity index (χ4v) is 2.21. The zero-order chi connectivity index (χ0) is 15.2. The zero-order valence-corrected chi connectivity index (χ0v) is 15.6. The molecule has 6 heteroatoms. The molecular weight excluding hydrogens is 394 g/mol. The van der Waals surface area contributed by atoms with Crippen molar-refractivity contribution in [3.63, 3.8) is 0 Å². The summed E-state index contributed by atoms with van der Waals surface area (Å²) < 4.78 is 13.1. The molecule has 122 valence electrons. The summed E-state index contributed by atoms with van der Waals surface area (Å²) in [6.07, 6.45) is 3.85. The molecule has 1 heterocycles. The lowest BCUT2D eigenvalue weighted by Gasteiger charge is -2.16. The lowest BCUT2D eigenvalue weighted by molar-refractivity contribution is 0.624. The summed E-state index contributed by atoms with van der Waals surface area (Å²) in [5.74, 6) is 0.599. The Kier molecular flexibility index (Phi) is 7.64. The van der Waals surface area contributed by atoms with Crippen LogP contribution in [0.1, 0.15) is 25.8 Å². The smallest absolute Gasteiger partial charge is 0.191 e. The highest BCUT2D eigenvalue weighted by Gasteiger charge is 2.06. The summed E-state index contributed by atoms with van der Waals surface area (Å²) in [6, 6.07) is 5.24. The second-order valence-electron chi connectivity index (χ2n) is 5.21. The molecule has 0 bridgehead atoms. The number of H-pyrrole nitrogens is 1. The molecule has 1 aromatic carbocycles. The van der Waals surface area contributed by atoms with E-state index in [0.29, 0.717) is 6.04 Å². The largest absolute Gasteiger partial charge is 0.361 e. The van der Waals surface area contributed by atoms with Crippen molar-refractivity contribution in [3.05, 3.63) is 35.8 Å². The number of rotatable bonds is 5. The Hall–Kier alpha value is -1.31. The molecule has 0 amide bonds. The van der Waals surface area contributed by atoms with Gasteiger partial charge in [-0.1, -0.05) is 6.92 Å². The minimum atomic E-state index is -0.216. The Morgan fingerprint density at radius 3 is 2.86 bits per heavy atom. The van der Waals surface area contributed by atoms with E-state index in [1.165, 1.54) is 17.7 Å². The number of halogens is 2. The van der Waals surface area contributed by atoms with Crippen LogP contribution in [0, 0.1) is 5.82 Å². The number of nitrogens with one attached hydrogen (secondary N) is 3. The van der Waals surface area contributed by atoms with Crippen molar-refractivity contribution in [2.24, 2.45) is 4.99 Å². The average Bonchev–Trinajstić information content (AvgIpc) is 2.88. The molecule has 22 heavy (non-hydrogen) atoms. The van der Waals surface area contributed by atoms with E-state index in [1.807, 2.05) is 12.3 Å². The van der Waals surface area contributed by atoms with Gasteiger partial charge in [0.05, 0.1) is 0 Å². The summed E-state index contributed by atoms with van der Waals surface area (Å²) >= 11 is 0. The molecule has 4 nitrogen and oxygen atoms in total. The third kappa shape index (κ3) is 4.86. The second kappa shape index (κ2) is 8.97. The van der Waals surface area contributed by atoms with Gasteiger partial charge in [-0.15, -0.1) is 24.0 Å². The standard InChI is InChI=1S/C16H23FN4.HI/c1-4-11(2)21-16(18-3)19-8-7-12-10-20-15-9-13(17)5-6-14(12)15;/h5-6,9-11,20H,4,7-8H2,1-3H3,(H2,18,19,21);1H. The first-order chi connectivity index (χ1) is 10.1. The predicted molar refractivity (Wildman–Crippen MR) is 102 cm³/mol. The molecule has 0 aliphatic rings. The van der Waals surface area contributed by atoms with Gasteiger partial charge in [-0.3, -0.25) is 4.99 Å². The van der Waals surface area contributed by atoms with Crippen molar-refractivity contribution < 1.29 is 4.39 Å². The van der Waals surface area contributed by atoms with Crippen LogP contribution in [0.4, 0.5) is 4.39 Å². The van der Waals surface area contributed by atoms with Gasteiger partial charge >= 0.3 is 0 Å². The number of aliphatic imine (C=N–C) groups is 1. The highest BCUT2D eigenvalue weighted by Crippen LogP contribution is 2.19. The summed E-state index contributed by atoms with van der Waals surface area (Å²) in [4.78, 5) is 7.31. The van der Waals surface area contributed by atoms with Gasteiger partial charge in [0.15, 0.2) is 5.96 Å². The number of benzene rings is 1. The van der Waals surface area contributed by atoms with Gasteiger partial charge in [0, 0.05) is 36.7 Å². The fourth-order valence-electron chi connectivity index (χ4n) is 2.21. The van der Waals surface area contributed by atoms with Crippen LogP contribution in [0.2, 0.25) is 0 Å². The maximum atomic E-state index is 13.1. The monoisotopic (exact) mass is 418 g/mol. The maximum absolute atomic E-state index is 13.1. The van der Waals surface area contributed by atoms with Crippen LogP contribution in [0.15, 0.2) is 29.4 Å². The van der Waals surface area contributed by atoms with E-state index in [0.717, 1.165) is 36.2 Å². The van der Waals surface area contributed by atoms with Crippen molar-refractivity contribution in [2.45, 2.75) is 32.7 Å². The second-order valence-corrected chi connectivity index (χ2v) is 5.21. The van der Waals surface area contributed by atoms with Crippen molar-refractivity contribution in [3.8, 4) is 0 Å². The van der Waals surface area contributed by atoms with Gasteiger partial charge in [0.2, 0.25) is 0 Å². The van der Waals surface area contributed by atoms with Crippen molar-refractivity contribution in [1.29, 1.82) is 0 Å². The van der Waals surface area contributed by atoms with Gasteiger partial charge in [0.1, 0.15) is 5.82 Å². The van der Waals surface area contributed by atoms with Crippen LogP contribution in [-0.2, 0) is 6.42 Å². The number of nitrogens with zero attached hydrogens (tertiary/aromatic N) is 1. The molecule has 0 spiro atoms. The summed E-state index contributed by atoms with van der Waals surface area (Å²) in [6.45, 7) is 5.04. The highest BCUT2D eigenvalue weighted by atomic mass is 127. The third-order valence-corrected chi connectivity index (χ3v) is 3.64. The first kappa shape index (κ1) is 18.7. The Balaban J connectivity index is 0.00000242. The molecule has 0 fully saturated rings.